The zero-order valence-electron chi connectivity index (χ0n) is 16.8. The highest BCUT2D eigenvalue weighted by atomic mass is 35.5. The molecular weight excluding hydrogens is 378 g/mol. The van der Waals surface area contributed by atoms with E-state index in [1.54, 1.807) is 31.2 Å². The molecule has 2 heterocycles. The van der Waals surface area contributed by atoms with Crippen molar-refractivity contribution in [1.82, 2.24) is 14.7 Å². The van der Waals surface area contributed by atoms with Crippen LogP contribution in [0.1, 0.15) is 33.1 Å². The van der Waals surface area contributed by atoms with Crippen LogP contribution in [0.2, 0.25) is 5.02 Å². The van der Waals surface area contributed by atoms with E-state index in [9.17, 15) is 9.59 Å². The Bertz CT molecular complexity index is 685. The number of benzene rings is 1. The summed E-state index contributed by atoms with van der Waals surface area (Å²) in [6.45, 7) is 8.13. The molecule has 0 spiro atoms. The van der Waals surface area contributed by atoms with Crippen LogP contribution >= 0.6 is 11.6 Å². The van der Waals surface area contributed by atoms with Gasteiger partial charge in [-0.05, 0) is 51.3 Å². The van der Waals surface area contributed by atoms with Gasteiger partial charge < -0.3 is 14.5 Å². The Labute approximate surface area is 172 Å². The van der Waals surface area contributed by atoms with E-state index in [4.69, 9.17) is 16.3 Å². The molecule has 6 nitrogen and oxygen atoms in total. The Morgan fingerprint density at radius 3 is 2.21 bits per heavy atom. The van der Waals surface area contributed by atoms with Gasteiger partial charge in [0.2, 0.25) is 5.91 Å². The van der Waals surface area contributed by atoms with Crippen molar-refractivity contribution in [3.05, 3.63) is 29.3 Å². The van der Waals surface area contributed by atoms with Crippen molar-refractivity contribution < 1.29 is 14.3 Å². The van der Waals surface area contributed by atoms with Gasteiger partial charge in [0.15, 0.2) is 6.10 Å². The molecule has 2 fully saturated rings. The number of piperidine rings is 1. The summed E-state index contributed by atoms with van der Waals surface area (Å²) < 4.78 is 5.75. The minimum Gasteiger partial charge on any atom is -0.481 e. The summed E-state index contributed by atoms with van der Waals surface area (Å²) >= 11 is 5.97. The van der Waals surface area contributed by atoms with Crippen LogP contribution in [0.15, 0.2) is 24.3 Å². The third-order valence-electron chi connectivity index (χ3n) is 5.66. The number of nitrogens with zero attached hydrogens (tertiary/aromatic N) is 3. The number of rotatable bonds is 5. The molecule has 2 aliphatic rings. The highest BCUT2D eigenvalue weighted by Gasteiger charge is 2.32. The van der Waals surface area contributed by atoms with Crippen LogP contribution in [0.4, 0.5) is 0 Å². The molecule has 154 valence electrons. The van der Waals surface area contributed by atoms with Crippen molar-refractivity contribution in [2.75, 3.05) is 39.3 Å². The minimum absolute atomic E-state index is 0.0327. The first kappa shape index (κ1) is 20.9. The molecule has 2 unspecified atom stereocenters. The first-order valence-corrected chi connectivity index (χ1v) is 10.6. The van der Waals surface area contributed by atoms with Crippen LogP contribution in [0.3, 0.4) is 0 Å². The van der Waals surface area contributed by atoms with E-state index in [0.717, 1.165) is 25.9 Å². The van der Waals surface area contributed by atoms with Gasteiger partial charge in [-0.2, -0.15) is 0 Å². The summed E-state index contributed by atoms with van der Waals surface area (Å²) in [5, 5.41) is 0.582. The number of halogens is 1. The van der Waals surface area contributed by atoms with E-state index in [-0.39, 0.29) is 17.9 Å². The van der Waals surface area contributed by atoms with Gasteiger partial charge >= 0.3 is 0 Å². The molecule has 2 atom stereocenters. The summed E-state index contributed by atoms with van der Waals surface area (Å²) in [4.78, 5) is 31.4. The van der Waals surface area contributed by atoms with Gasteiger partial charge in [0, 0.05) is 44.3 Å². The Morgan fingerprint density at radius 1 is 0.929 bits per heavy atom. The normalized spacial score (nSPS) is 20.5. The van der Waals surface area contributed by atoms with Crippen molar-refractivity contribution in [1.29, 1.82) is 0 Å². The Kier molecular flexibility index (Phi) is 7.18. The summed E-state index contributed by atoms with van der Waals surface area (Å²) in [5.41, 5.74) is 0. The van der Waals surface area contributed by atoms with Crippen molar-refractivity contribution in [3.63, 3.8) is 0 Å². The quantitative estimate of drug-likeness (QED) is 0.753. The predicted octanol–water partition coefficient (Wildman–Crippen LogP) is 2.65. The highest BCUT2D eigenvalue weighted by Crippen LogP contribution is 2.19. The fourth-order valence-electron chi connectivity index (χ4n) is 3.92. The lowest BCUT2D eigenvalue weighted by Gasteiger charge is -2.40. The average molecular weight is 408 g/mol. The molecule has 0 aromatic heterocycles. The molecule has 1 aromatic carbocycles. The van der Waals surface area contributed by atoms with E-state index >= 15 is 0 Å². The Hall–Kier alpha value is -1.79. The van der Waals surface area contributed by atoms with Crippen molar-refractivity contribution >= 4 is 23.4 Å². The molecule has 0 bridgehead atoms. The summed E-state index contributed by atoms with van der Waals surface area (Å²) in [6, 6.07) is 6.94. The zero-order chi connectivity index (χ0) is 20.1. The van der Waals surface area contributed by atoms with Crippen LogP contribution < -0.4 is 4.74 Å². The fourth-order valence-corrected chi connectivity index (χ4v) is 4.10. The lowest BCUT2D eigenvalue weighted by molar-refractivity contribution is -0.142. The van der Waals surface area contributed by atoms with E-state index in [1.807, 2.05) is 16.7 Å². The average Bonchev–Trinajstić information content (AvgIpc) is 2.73. The fraction of sp³-hybridized carbons (Fsp3) is 0.619. The standard InChI is InChI=1S/C21H30ClN3O3/c1-16(20(26)24-9-4-3-5-10-24)23-11-13-25(14-12-23)21(27)17(2)28-19-8-6-7-18(22)15-19/h6-8,15-17H,3-5,9-14H2,1-2H3. The monoisotopic (exact) mass is 407 g/mol. The smallest absolute Gasteiger partial charge is 0.263 e. The molecule has 0 aliphatic carbocycles. The van der Waals surface area contributed by atoms with Gasteiger partial charge in [-0.25, -0.2) is 0 Å². The lowest BCUT2D eigenvalue weighted by Crippen LogP contribution is -2.57. The maximum atomic E-state index is 12.7. The molecule has 2 aliphatic heterocycles. The van der Waals surface area contributed by atoms with Crippen LogP contribution in [0.25, 0.3) is 0 Å². The summed E-state index contributed by atoms with van der Waals surface area (Å²) in [7, 11) is 0. The third-order valence-corrected chi connectivity index (χ3v) is 5.89. The molecule has 3 rings (SSSR count). The Balaban J connectivity index is 1.48. The second-order valence-corrected chi connectivity index (χ2v) is 8.08. The molecule has 1 aromatic rings. The molecular formula is C21H30ClN3O3. The molecule has 7 heteroatoms. The van der Waals surface area contributed by atoms with Gasteiger partial charge in [0.1, 0.15) is 5.75 Å². The van der Waals surface area contributed by atoms with Gasteiger partial charge in [-0.3, -0.25) is 14.5 Å². The molecule has 0 radical (unpaired) electrons. The van der Waals surface area contributed by atoms with E-state index < -0.39 is 6.10 Å². The van der Waals surface area contributed by atoms with Gasteiger partial charge in [-0.15, -0.1) is 0 Å². The first-order chi connectivity index (χ1) is 13.5. The van der Waals surface area contributed by atoms with Crippen LogP contribution in [0, 0.1) is 0 Å². The number of piperazine rings is 1. The van der Waals surface area contributed by atoms with Crippen molar-refractivity contribution in [3.8, 4) is 5.75 Å². The molecule has 2 amide bonds. The zero-order valence-corrected chi connectivity index (χ0v) is 17.5. The number of carbonyl (C=O) groups excluding carboxylic acids is 2. The maximum Gasteiger partial charge on any atom is 0.263 e. The van der Waals surface area contributed by atoms with Crippen LogP contribution in [0.5, 0.6) is 5.75 Å². The van der Waals surface area contributed by atoms with E-state index in [1.165, 1.54) is 6.42 Å². The first-order valence-electron chi connectivity index (χ1n) is 10.2. The largest absolute Gasteiger partial charge is 0.481 e. The summed E-state index contributed by atoms with van der Waals surface area (Å²) in [5.74, 6) is 0.777. The molecule has 2 saturated heterocycles. The number of carbonyl (C=O) groups is 2. The SMILES string of the molecule is CC(Oc1cccc(Cl)c1)C(=O)N1CCN(C(C)C(=O)N2CCCCC2)CC1. The van der Waals surface area contributed by atoms with Crippen LogP contribution in [-0.2, 0) is 9.59 Å². The number of hydrogen-bond acceptors (Lipinski definition) is 4. The van der Waals surface area contributed by atoms with Crippen molar-refractivity contribution in [2.45, 2.75) is 45.3 Å². The van der Waals surface area contributed by atoms with Gasteiger partial charge in [-0.1, -0.05) is 17.7 Å². The Morgan fingerprint density at radius 2 is 1.57 bits per heavy atom. The van der Waals surface area contributed by atoms with E-state index in [2.05, 4.69) is 4.90 Å². The molecule has 0 saturated carbocycles. The maximum absolute atomic E-state index is 12.7. The minimum atomic E-state index is -0.572. The lowest BCUT2D eigenvalue weighted by atomic mass is 10.1. The number of ether oxygens (including phenoxy) is 1. The van der Waals surface area contributed by atoms with Gasteiger partial charge in [0.05, 0.1) is 6.04 Å². The second-order valence-electron chi connectivity index (χ2n) is 7.64. The highest BCUT2D eigenvalue weighted by molar-refractivity contribution is 6.30. The molecule has 0 N–H and O–H groups in total. The summed E-state index contributed by atoms with van der Waals surface area (Å²) in [6.07, 6.45) is 2.85. The number of amides is 2. The van der Waals surface area contributed by atoms with Crippen molar-refractivity contribution in [2.24, 2.45) is 0 Å². The number of likely N-dealkylation sites (tertiary alicyclic amines) is 1. The predicted molar refractivity (Wildman–Crippen MR) is 110 cm³/mol. The third kappa shape index (κ3) is 5.17. The number of hydrogen-bond donors (Lipinski definition) is 0. The van der Waals surface area contributed by atoms with Gasteiger partial charge in [0.25, 0.3) is 5.91 Å². The topological polar surface area (TPSA) is 53.1 Å². The molecule has 28 heavy (non-hydrogen) atoms. The van der Waals surface area contributed by atoms with E-state index in [0.29, 0.717) is 37.0 Å². The van der Waals surface area contributed by atoms with Crippen LogP contribution in [-0.4, -0.2) is 77.9 Å². The second kappa shape index (κ2) is 9.61.